The Morgan fingerprint density at radius 1 is 1.21 bits per heavy atom. The fourth-order valence-electron chi connectivity index (χ4n) is 2.79. The summed E-state index contributed by atoms with van der Waals surface area (Å²) in [7, 11) is 2.98. The van der Waals surface area contributed by atoms with Crippen molar-refractivity contribution in [1.82, 2.24) is 0 Å². The van der Waals surface area contributed by atoms with Crippen molar-refractivity contribution in [2.75, 3.05) is 14.2 Å². The van der Waals surface area contributed by atoms with Crippen molar-refractivity contribution in [2.24, 2.45) is 5.92 Å². The summed E-state index contributed by atoms with van der Waals surface area (Å²) in [5.74, 6) is 1.00. The third kappa shape index (κ3) is 3.00. The van der Waals surface area contributed by atoms with Crippen LogP contribution in [0.1, 0.15) is 37.2 Å². The number of phenols is 1. The van der Waals surface area contributed by atoms with Crippen LogP contribution in [0.3, 0.4) is 0 Å². The maximum Gasteiger partial charge on any atom is 0.308 e. The Morgan fingerprint density at radius 2 is 1.89 bits per heavy atom. The quantitative estimate of drug-likeness (QED) is 0.853. The van der Waals surface area contributed by atoms with Crippen molar-refractivity contribution in [1.29, 1.82) is 0 Å². The van der Waals surface area contributed by atoms with E-state index in [-0.39, 0.29) is 17.6 Å². The van der Waals surface area contributed by atoms with E-state index in [4.69, 9.17) is 9.47 Å². The van der Waals surface area contributed by atoms with Gasteiger partial charge in [0.1, 0.15) is 0 Å². The van der Waals surface area contributed by atoms with Crippen LogP contribution in [0, 0.1) is 5.92 Å². The molecule has 1 fully saturated rings. The Balaban J connectivity index is 2.01. The van der Waals surface area contributed by atoms with Crippen LogP contribution in [0.25, 0.3) is 0 Å². The first kappa shape index (κ1) is 13.7. The number of carbonyl (C=O) groups excluding carboxylic acids is 1. The van der Waals surface area contributed by atoms with Gasteiger partial charge < -0.3 is 14.6 Å². The second kappa shape index (κ2) is 5.95. The molecule has 104 valence electrons. The summed E-state index contributed by atoms with van der Waals surface area (Å²) in [6, 6.07) is 5.54. The van der Waals surface area contributed by atoms with Crippen LogP contribution in [0.4, 0.5) is 0 Å². The van der Waals surface area contributed by atoms with Gasteiger partial charge >= 0.3 is 5.97 Å². The number of rotatable bonds is 3. The average molecular weight is 264 g/mol. The number of ether oxygens (including phenoxy) is 2. The Labute approximate surface area is 113 Å². The van der Waals surface area contributed by atoms with Crippen LogP contribution in [0.2, 0.25) is 0 Å². The van der Waals surface area contributed by atoms with E-state index in [1.165, 1.54) is 14.2 Å². The maximum absolute atomic E-state index is 11.5. The van der Waals surface area contributed by atoms with E-state index >= 15 is 0 Å². The van der Waals surface area contributed by atoms with Crippen LogP contribution in [-0.2, 0) is 9.53 Å². The second-order valence-electron chi connectivity index (χ2n) is 5.00. The van der Waals surface area contributed by atoms with Crippen molar-refractivity contribution >= 4 is 5.97 Å². The number of esters is 1. The van der Waals surface area contributed by atoms with E-state index in [1.807, 2.05) is 6.07 Å². The zero-order valence-electron chi connectivity index (χ0n) is 11.4. The first-order valence-electron chi connectivity index (χ1n) is 6.60. The second-order valence-corrected chi connectivity index (χ2v) is 5.00. The lowest BCUT2D eigenvalue weighted by atomic mass is 9.78. The molecule has 4 heteroatoms. The Hall–Kier alpha value is -1.71. The Morgan fingerprint density at radius 3 is 2.42 bits per heavy atom. The minimum absolute atomic E-state index is 0.0353. The highest BCUT2D eigenvalue weighted by atomic mass is 16.5. The summed E-state index contributed by atoms with van der Waals surface area (Å²) in [5.41, 5.74) is 1.11. The summed E-state index contributed by atoms with van der Waals surface area (Å²) < 4.78 is 9.82. The van der Waals surface area contributed by atoms with Gasteiger partial charge in [0.25, 0.3) is 0 Å². The summed E-state index contributed by atoms with van der Waals surface area (Å²) in [6.07, 6.45) is 3.60. The molecule has 0 radical (unpaired) electrons. The lowest BCUT2D eigenvalue weighted by Gasteiger charge is -2.27. The number of methoxy groups -OCH3 is 2. The molecule has 2 rings (SSSR count). The molecular formula is C15H20O4. The Bertz CT molecular complexity index is 447. The lowest BCUT2D eigenvalue weighted by Crippen LogP contribution is -2.22. The standard InChI is InChI=1S/C15H20O4/c1-18-14-8-7-12(9-13(14)16)10-3-5-11(6-4-10)15(17)19-2/h7-11,16H,3-6H2,1-2H3. The van der Waals surface area contributed by atoms with Crippen LogP contribution < -0.4 is 4.74 Å². The predicted octanol–water partition coefficient (Wildman–Crippen LogP) is 2.85. The van der Waals surface area contributed by atoms with Gasteiger partial charge in [-0.2, -0.15) is 0 Å². The number of hydrogen-bond donors (Lipinski definition) is 1. The Kier molecular flexibility index (Phi) is 4.30. The SMILES string of the molecule is COC(=O)C1CCC(c2ccc(OC)c(O)c2)CC1. The third-order valence-corrected chi connectivity index (χ3v) is 3.94. The van der Waals surface area contributed by atoms with Crippen molar-refractivity contribution in [3.05, 3.63) is 23.8 Å². The molecule has 1 aliphatic carbocycles. The highest BCUT2D eigenvalue weighted by Crippen LogP contribution is 2.38. The molecule has 0 spiro atoms. The van der Waals surface area contributed by atoms with Crippen LogP contribution in [0.15, 0.2) is 18.2 Å². The molecule has 1 saturated carbocycles. The number of carbonyl (C=O) groups is 1. The molecule has 0 heterocycles. The molecular weight excluding hydrogens is 244 g/mol. The van der Waals surface area contributed by atoms with Gasteiger partial charge in [-0.1, -0.05) is 6.07 Å². The molecule has 1 N–H and O–H groups in total. The van der Waals surface area contributed by atoms with Crippen molar-refractivity contribution in [2.45, 2.75) is 31.6 Å². The van der Waals surface area contributed by atoms with Crippen LogP contribution in [-0.4, -0.2) is 25.3 Å². The molecule has 1 aromatic rings. The summed E-state index contributed by atoms with van der Waals surface area (Å²) in [5, 5.41) is 9.80. The van der Waals surface area contributed by atoms with E-state index in [0.29, 0.717) is 11.7 Å². The van der Waals surface area contributed by atoms with Crippen molar-refractivity contribution < 1.29 is 19.4 Å². The molecule has 0 saturated heterocycles. The first-order chi connectivity index (χ1) is 9.15. The van der Waals surface area contributed by atoms with Gasteiger partial charge in [0, 0.05) is 0 Å². The van der Waals surface area contributed by atoms with E-state index in [1.54, 1.807) is 12.1 Å². The maximum atomic E-state index is 11.5. The zero-order chi connectivity index (χ0) is 13.8. The highest BCUT2D eigenvalue weighted by molar-refractivity contribution is 5.72. The smallest absolute Gasteiger partial charge is 0.308 e. The number of benzene rings is 1. The number of hydrogen-bond acceptors (Lipinski definition) is 4. The molecule has 0 aromatic heterocycles. The van der Waals surface area contributed by atoms with Crippen molar-refractivity contribution in [3.63, 3.8) is 0 Å². The molecule has 0 atom stereocenters. The van der Waals surface area contributed by atoms with Gasteiger partial charge in [-0.25, -0.2) is 0 Å². The molecule has 1 aromatic carbocycles. The monoisotopic (exact) mass is 264 g/mol. The summed E-state index contributed by atoms with van der Waals surface area (Å²) in [4.78, 5) is 11.5. The molecule has 0 unspecified atom stereocenters. The fourth-order valence-corrected chi connectivity index (χ4v) is 2.79. The highest BCUT2D eigenvalue weighted by Gasteiger charge is 2.27. The summed E-state index contributed by atoms with van der Waals surface area (Å²) in [6.45, 7) is 0. The van der Waals surface area contributed by atoms with Gasteiger partial charge in [0.15, 0.2) is 11.5 Å². The largest absolute Gasteiger partial charge is 0.504 e. The number of aromatic hydroxyl groups is 1. The van der Waals surface area contributed by atoms with Crippen LogP contribution >= 0.6 is 0 Å². The predicted molar refractivity (Wildman–Crippen MR) is 71.4 cm³/mol. The van der Waals surface area contributed by atoms with Gasteiger partial charge in [0.05, 0.1) is 20.1 Å². The zero-order valence-corrected chi connectivity index (χ0v) is 11.4. The molecule has 1 aliphatic rings. The minimum atomic E-state index is -0.101. The van der Waals surface area contributed by atoms with Gasteiger partial charge in [-0.3, -0.25) is 4.79 Å². The van der Waals surface area contributed by atoms with Crippen molar-refractivity contribution in [3.8, 4) is 11.5 Å². The average Bonchev–Trinajstić information content (AvgIpc) is 2.46. The minimum Gasteiger partial charge on any atom is -0.504 e. The third-order valence-electron chi connectivity index (χ3n) is 3.94. The fraction of sp³-hybridized carbons (Fsp3) is 0.533. The van der Waals surface area contributed by atoms with E-state index in [9.17, 15) is 9.90 Å². The molecule has 0 bridgehead atoms. The molecule has 4 nitrogen and oxygen atoms in total. The molecule has 19 heavy (non-hydrogen) atoms. The van der Waals surface area contributed by atoms with Gasteiger partial charge in [0.2, 0.25) is 0 Å². The molecule has 0 aliphatic heterocycles. The van der Waals surface area contributed by atoms with Gasteiger partial charge in [-0.15, -0.1) is 0 Å². The lowest BCUT2D eigenvalue weighted by molar-refractivity contribution is -0.146. The van der Waals surface area contributed by atoms with E-state index in [2.05, 4.69) is 0 Å². The van der Waals surface area contributed by atoms with Crippen LogP contribution in [0.5, 0.6) is 11.5 Å². The normalized spacial score (nSPS) is 22.8. The van der Waals surface area contributed by atoms with Gasteiger partial charge in [-0.05, 0) is 49.3 Å². The van der Waals surface area contributed by atoms with E-state index in [0.717, 1.165) is 31.2 Å². The number of phenolic OH excluding ortho intramolecular Hbond substituents is 1. The summed E-state index contributed by atoms with van der Waals surface area (Å²) >= 11 is 0. The topological polar surface area (TPSA) is 55.8 Å². The molecule has 0 amide bonds. The van der Waals surface area contributed by atoms with E-state index < -0.39 is 0 Å². The first-order valence-corrected chi connectivity index (χ1v) is 6.60.